The van der Waals surface area contributed by atoms with E-state index in [1.807, 2.05) is 0 Å². The third-order valence-corrected chi connectivity index (χ3v) is 3.16. The molecule has 1 heterocycles. The summed E-state index contributed by atoms with van der Waals surface area (Å²) in [7, 11) is 1.79. The lowest BCUT2D eigenvalue weighted by Crippen LogP contribution is -2.27. The van der Waals surface area contributed by atoms with Gasteiger partial charge in [0.1, 0.15) is 22.7 Å². The number of benzene rings is 1. The van der Waals surface area contributed by atoms with Crippen LogP contribution >= 0.6 is 11.6 Å². The standard InChI is InChI=1S/C12H12ClN5O3/c1-17-7-15-16-10(17)5-6-14-12(19)8-3-2-4-9(13)11(8)18(20)21/h2-4,7H,5-6H2,1H3,(H,14,19). The van der Waals surface area contributed by atoms with Crippen LogP contribution in [0.3, 0.4) is 0 Å². The van der Waals surface area contributed by atoms with Crippen LogP contribution in [0.15, 0.2) is 24.5 Å². The van der Waals surface area contributed by atoms with Crippen LogP contribution in [-0.4, -0.2) is 32.1 Å². The molecule has 2 rings (SSSR count). The van der Waals surface area contributed by atoms with E-state index in [1.54, 1.807) is 17.9 Å². The number of para-hydroxylation sites is 1. The number of carbonyl (C=O) groups excluding carboxylic acids is 1. The van der Waals surface area contributed by atoms with Crippen molar-refractivity contribution >= 4 is 23.2 Å². The van der Waals surface area contributed by atoms with Crippen molar-refractivity contribution in [2.24, 2.45) is 7.05 Å². The molecule has 0 saturated carbocycles. The summed E-state index contributed by atoms with van der Waals surface area (Å²) >= 11 is 5.76. The van der Waals surface area contributed by atoms with Gasteiger partial charge in [0, 0.05) is 20.0 Å². The monoisotopic (exact) mass is 309 g/mol. The predicted octanol–water partition coefficient (Wildman–Crippen LogP) is 1.35. The lowest BCUT2D eigenvalue weighted by Gasteiger charge is -2.06. The number of halogens is 1. The third kappa shape index (κ3) is 3.34. The molecule has 110 valence electrons. The minimum absolute atomic E-state index is 0.0644. The Balaban J connectivity index is 2.06. The van der Waals surface area contributed by atoms with E-state index in [1.165, 1.54) is 18.2 Å². The number of nitrogens with one attached hydrogen (secondary N) is 1. The summed E-state index contributed by atoms with van der Waals surface area (Å²) in [5.41, 5.74) is -0.458. The summed E-state index contributed by atoms with van der Waals surface area (Å²) in [5, 5.41) is 21.1. The van der Waals surface area contributed by atoms with Crippen molar-refractivity contribution in [3.8, 4) is 0 Å². The smallest absolute Gasteiger partial charge is 0.300 e. The highest BCUT2D eigenvalue weighted by Gasteiger charge is 2.23. The van der Waals surface area contributed by atoms with Gasteiger partial charge in [0.25, 0.3) is 5.91 Å². The molecule has 0 aliphatic heterocycles. The first-order valence-corrected chi connectivity index (χ1v) is 6.42. The van der Waals surface area contributed by atoms with Crippen LogP contribution in [0.25, 0.3) is 0 Å². The molecule has 0 aliphatic carbocycles. The van der Waals surface area contributed by atoms with Gasteiger partial charge in [-0.15, -0.1) is 10.2 Å². The van der Waals surface area contributed by atoms with E-state index in [0.29, 0.717) is 12.2 Å². The Morgan fingerprint density at radius 2 is 2.29 bits per heavy atom. The molecule has 0 unspecified atom stereocenters. The lowest BCUT2D eigenvalue weighted by molar-refractivity contribution is -0.385. The van der Waals surface area contributed by atoms with Crippen LogP contribution in [-0.2, 0) is 13.5 Å². The number of nitro groups is 1. The maximum atomic E-state index is 12.0. The molecule has 1 aromatic heterocycles. The number of aryl methyl sites for hydroxylation is 1. The van der Waals surface area contributed by atoms with Gasteiger partial charge in [-0.2, -0.15) is 0 Å². The third-order valence-electron chi connectivity index (χ3n) is 2.85. The van der Waals surface area contributed by atoms with Gasteiger partial charge in [0.15, 0.2) is 0 Å². The van der Waals surface area contributed by atoms with Crippen molar-refractivity contribution in [2.45, 2.75) is 6.42 Å². The second-order valence-electron chi connectivity index (χ2n) is 4.26. The van der Waals surface area contributed by atoms with Gasteiger partial charge in [0.2, 0.25) is 0 Å². The first kappa shape index (κ1) is 14.9. The number of hydrogen-bond acceptors (Lipinski definition) is 5. The molecule has 0 radical (unpaired) electrons. The lowest BCUT2D eigenvalue weighted by atomic mass is 10.1. The zero-order valence-electron chi connectivity index (χ0n) is 11.1. The Morgan fingerprint density at radius 3 is 2.90 bits per heavy atom. The van der Waals surface area contributed by atoms with Gasteiger partial charge < -0.3 is 9.88 Å². The van der Waals surface area contributed by atoms with E-state index in [9.17, 15) is 14.9 Å². The van der Waals surface area contributed by atoms with Crippen LogP contribution in [0.2, 0.25) is 5.02 Å². The highest BCUT2D eigenvalue weighted by molar-refractivity contribution is 6.33. The van der Waals surface area contributed by atoms with Crippen LogP contribution in [0.5, 0.6) is 0 Å². The van der Waals surface area contributed by atoms with E-state index in [2.05, 4.69) is 15.5 Å². The SMILES string of the molecule is Cn1cnnc1CCNC(=O)c1cccc(Cl)c1[N+](=O)[O-]. The number of nitro benzene ring substituents is 1. The Hall–Kier alpha value is -2.48. The van der Waals surface area contributed by atoms with Gasteiger partial charge in [-0.25, -0.2) is 0 Å². The molecule has 21 heavy (non-hydrogen) atoms. The number of amides is 1. The first-order chi connectivity index (χ1) is 10.0. The normalized spacial score (nSPS) is 10.4. The molecule has 0 atom stereocenters. The number of carbonyl (C=O) groups is 1. The summed E-state index contributed by atoms with van der Waals surface area (Å²) in [4.78, 5) is 22.3. The van der Waals surface area contributed by atoms with Gasteiger partial charge in [-0.05, 0) is 12.1 Å². The molecule has 2 aromatic rings. The molecule has 0 spiro atoms. The van der Waals surface area contributed by atoms with Crippen molar-refractivity contribution in [1.29, 1.82) is 0 Å². The minimum atomic E-state index is -0.667. The molecular formula is C12H12ClN5O3. The fourth-order valence-electron chi connectivity index (χ4n) is 1.80. The average Bonchev–Trinajstić information content (AvgIpc) is 2.83. The summed E-state index contributed by atoms with van der Waals surface area (Å²) in [6.07, 6.45) is 2.02. The largest absolute Gasteiger partial charge is 0.351 e. The fourth-order valence-corrected chi connectivity index (χ4v) is 2.04. The Morgan fingerprint density at radius 1 is 1.52 bits per heavy atom. The van der Waals surface area contributed by atoms with Gasteiger partial charge in [-0.1, -0.05) is 17.7 Å². The summed E-state index contributed by atoms with van der Waals surface area (Å²) in [5.74, 6) is 0.155. The first-order valence-electron chi connectivity index (χ1n) is 6.04. The van der Waals surface area contributed by atoms with Crippen LogP contribution in [0, 0.1) is 10.1 Å². The average molecular weight is 310 g/mol. The molecule has 1 aromatic carbocycles. The van der Waals surface area contributed by atoms with E-state index >= 15 is 0 Å². The number of rotatable bonds is 5. The van der Waals surface area contributed by atoms with Crippen molar-refractivity contribution in [2.75, 3.05) is 6.54 Å². The highest BCUT2D eigenvalue weighted by atomic mass is 35.5. The van der Waals surface area contributed by atoms with E-state index in [4.69, 9.17) is 11.6 Å². The molecule has 0 aliphatic rings. The Labute approximate surface area is 124 Å². The maximum Gasteiger partial charge on any atom is 0.300 e. The Kier molecular flexibility index (Phi) is 4.49. The summed E-state index contributed by atoms with van der Waals surface area (Å²) < 4.78 is 1.73. The quantitative estimate of drug-likeness (QED) is 0.663. The van der Waals surface area contributed by atoms with Gasteiger partial charge >= 0.3 is 5.69 Å². The van der Waals surface area contributed by atoms with Gasteiger partial charge in [-0.3, -0.25) is 14.9 Å². The topological polar surface area (TPSA) is 103 Å². The van der Waals surface area contributed by atoms with Crippen LogP contribution in [0.1, 0.15) is 16.2 Å². The number of aromatic nitrogens is 3. The molecule has 0 fully saturated rings. The van der Waals surface area contributed by atoms with Crippen molar-refractivity contribution in [3.05, 3.63) is 51.1 Å². The second kappa shape index (κ2) is 6.31. The van der Waals surface area contributed by atoms with Crippen molar-refractivity contribution in [3.63, 3.8) is 0 Å². The molecule has 1 amide bonds. The Bertz CT molecular complexity index is 685. The fraction of sp³-hybridized carbons (Fsp3) is 0.250. The number of nitrogens with zero attached hydrogens (tertiary/aromatic N) is 4. The zero-order valence-corrected chi connectivity index (χ0v) is 11.9. The molecule has 1 N–H and O–H groups in total. The van der Waals surface area contributed by atoms with E-state index in [0.717, 1.165) is 0 Å². The molecular weight excluding hydrogens is 298 g/mol. The highest BCUT2D eigenvalue weighted by Crippen LogP contribution is 2.27. The second-order valence-corrected chi connectivity index (χ2v) is 4.66. The van der Waals surface area contributed by atoms with Crippen molar-refractivity contribution in [1.82, 2.24) is 20.1 Å². The number of hydrogen-bond donors (Lipinski definition) is 1. The summed E-state index contributed by atoms with van der Waals surface area (Å²) in [6.45, 7) is 0.287. The van der Waals surface area contributed by atoms with Crippen LogP contribution in [0.4, 0.5) is 5.69 Å². The molecule has 8 nitrogen and oxygen atoms in total. The van der Waals surface area contributed by atoms with Gasteiger partial charge in [0.05, 0.1) is 4.92 Å². The zero-order chi connectivity index (χ0) is 15.4. The van der Waals surface area contributed by atoms with E-state index < -0.39 is 16.5 Å². The predicted molar refractivity (Wildman–Crippen MR) is 75.1 cm³/mol. The summed E-state index contributed by atoms with van der Waals surface area (Å²) in [6, 6.07) is 4.23. The van der Waals surface area contributed by atoms with Crippen molar-refractivity contribution < 1.29 is 9.72 Å². The molecule has 0 bridgehead atoms. The molecule has 0 saturated heterocycles. The minimum Gasteiger partial charge on any atom is -0.351 e. The van der Waals surface area contributed by atoms with Crippen LogP contribution < -0.4 is 5.32 Å². The molecule has 9 heteroatoms. The maximum absolute atomic E-state index is 12.0. The van der Waals surface area contributed by atoms with E-state index in [-0.39, 0.29) is 17.1 Å².